The van der Waals surface area contributed by atoms with Crippen molar-refractivity contribution in [3.05, 3.63) is 16.1 Å². The molecule has 0 bridgehead atoms. The SMILES string of the molecule is CC(=O)OCCC1CCN(C(=O)C(N)Cc2nc(CCl)cs2)CC1. The van der Waals surface area contributed by atoms with E-state index in [9.17, 15) is 9.59 Å². The number of esters is 1. The molecule has 1 aliphatic heterocycles. The molecule has 1 saturated heterocycles. The zero-order valence-electron chi connectivity index (χ0n) is 13.9. The Balaban J connectivity index is 1.74. The minimum Gasteiger partial charge on any atom is -0.466 e. The summed E-state index contributed by atoms with van der Waals surface area (Å²) in [5, 5.41) is 2.75. The molecule has 0 radical (unpaired) electrons. The number of halogens is 1. The number of nitrogens with zero attached hydrogens (tertiary/aromatic N) is 2. The number of nitrogens with two attached hydrogens (primary N) is 1. The smallest absolute Gasteiger partial charge is 0.302 e. The van der Waals surface area contributed by atoms with E-state index in [0.29, 0.717) is 37.9 Å². The highest BCUT2D eigenvalue weighted by atomic mass is 35.5. The van der Waals surface area contributed by atoms with Gasteiger partial charge < -0.3 is 15.4 Å². The third-order valence-corrected chi connectivity index (χ3v) is 5.40. The third kappa shape index (κ3) is 5.72. The molecule has 1 aromatic rings. The molecular formula is C16H24ClN3O3S. The van der Waals surface area contributed by atoms with Crippen LogP contribution in [0.5, 0.6) is 0 Å². The van der Waals surface area contributed by atoms with Gasteiger partial charge in [0.05, 0.1) is 29.2 Å². The molecule has 8 heteroatoms. The number of amides is 1. The number of ether oxygens (including phenoxy) is 1. The van der Waals surface area contributed by atoms with E-state index in [1.165, 1.54) is 18.3 Å². The van der Waals surface area contributed by atoms with Crippen molar-refractivity contribution in [2.45, 2.75) is 44.5 Å². The molecule has 0 spiro atoms. The first-order valence-corrected chi connectivity index (χ1v) is 9.58. The number of rotatable bonds is 7. The third-order valence-electron chi connectivity index (χ3n) is 4.21. The summed E-state index contributed by atoms with van der Waals surface area (Å²) in [6.07, 6.45) is 3.15. The molecule has 0 aliphatic carbocycles. The van der Waals surface area contributed by atoms with Crippen LogP contribution in [0.4, 0.5) is 0 Å². The van der Waals surface area contributed by atoms with Crippen molar-refractivity contribution in [2.75, 3.05) is 19.7 Å². The highest BCUT2D eigenvalue weighted by Crippen LogP contribution is 2.21. The van der Waals surface area contributed by atoms with Crippen molar-refractivity contribution in [1.29, 1.82) is 0 Å². The highest BCUT2D eigenvalue weighted by molar-refractivity contribution is 7.09. The summed E-state index contributed by atoms with van der Waals surface area (Å²) >= 11 is 7.23. The summed E-state index contributed by atoms with van der Waals surface area (Å²) in [5.41, 5.74) is 6.89. The molecule has 1 amide bonds. The lowest BCUT2D eigenvalue weighted by atomic mass is 9.93. The molecule has 6 nitrogen and oxygen atoms in total. The molecule has 2 N–H and O–H groups in total. The van der Waals surface area contributed by atoms with Crippen LogP contribution < -0.4 is 5.73 Å². The van der Waals surface area contributed by atoms with Crippen LogP contribution in [0.15, 0.2) is 5.38 Å². The molecule has 1 atom stereocenters. The Morgan fingerprint density at radius 3 is 2.79 bits per heavy atom. The molecule has 2 rings (SSSR count). The first kappa shape index (κ1) is 19.1. The van der Waals surface area contributed by atoms with Gasteiger partial charge in [-0.1, -0.05) is 0 Å². The summed E-state index contributed by atoms with van der Waals surface area (Å²) in [6.45, 7) is 3.30. The molecule has 1 fully saturated rings. The summed E-state index contributed by atoms with van der Waals surface area (Å²) in [6, 6.07) is -0.558. The van der Waals surface area contributed by atoms with E-state index in [2.05, 4.69) is 4.98 Å². The predicted molar refractivity (Wildman–Crippen MR) is 93.9 cm³/mol. The first-order valence-electron chi connectivity index (χ1n) is 8.16. The minimum absolute atomic E-state index is 0.0175. The van der Waals surface area contributed by atoms with Gasteiger partial charge in [-0.2, -0.15) is 0 Å². The number of piperidine rings is 1. The van der Waals surface area contributed by atoms with E-state index in [1.54, 1.807) is 0 Å². The van der Waals surface area contributed by atoms with Gasteiger partial charge in [0.2, 0.25) is 5.91 Å². The molecular weight excluding hydrogens is 350 g/mol. The molecule has 1 aromatic heterocycles. The largest absolute Gasteiger partial charge is 0.466 e. The van der Waals surface area contributed by atoms with Gasteiger partial charge in [-0.15, -0.1) is 22.9 Å². The van der Waals surface area contributed by atoms with Crippen LogP contribution in [-0.4, -0.2) is 47.5 Å². The Hall–Kier alpha value is -1.18. The standard InChI is InChI=1S/C16H24ClN3O3S/c1-11(21)23-7-4-12-2-5-20(6-3-12)16(22)14(18)8-15-19-13(9-17)10-24-15/h10,12,14H,2-9,18H2,1H3. The lowest BCUT2D eigenvalue weighted by molar-refractivity contribution is -0.141. The fourth-order valence-corrected chi connectivity index (χ4v) is 3.91. The molecule has 134 valence electrons. The van der Waals surface area contributed by atoms with E-state index < -0.39 is 6.04 Å². The lowest BCUT2D eigenvalue weighted by Crippen LogP contribution is -2.48. The molecule has 0 saturated carbocycles. The monoisotopic (exact) mass is 373 g/mol. The Labute approximate surface area is 151 Å². The van der Waals surface area contributed by atoms with Crippen molar-refractivity contribution < 1.29 is 14.3 Å². The van der Waals surface area contributed by atoms with Gasteiger partial charge in [0.15, 0.2) is 0 Å². The Bertz CT molecular complexity index is 559. The number of aromatic nitrogens is 1. The van der Waals surface area contributed by atoms with Gasteiger partial charge in [0.25, 0.3) is 0 Å². The van der Waals surface area contributed by atoms with Gasteiger partial charge in [-0.05, 0) is 25.2 Å². The summed E-state index contributed by atoms with van der Waals surface area (Å²) in [4.78, 5) is 29.4. The average Bonchev–Trinajstić information content (AvgIpc) is 3.02. The van der Waals surface area contributed by atoms with Gasteiger partial charge in [0.1, 0.15) is 0 Å². The van der Waals surface area contributed by atoms with Gasteiger partial charge in [-0.25, -0.2) is 4.98 Å². The average molecular weight is 374 g/mol. The normalized spacial score (nSPS) is 16.9. The molecule has 1 aliphatic rings. The Kier molecular flexibility index (Phi) is 7.45. The van der Waals surface area contributed by atoms with Crippen LogP contribution >= 0.6 is 22.9 Å². The second-order valence-corrected chi connectivity index (χ2v) is 7.28. The van der Waals surface area contributed by atoms with Crippen molar-refractivity contribution >= 4 is 34.8 Å². The quantitative estimate of drug-likeness (QED) is 0.583. The molecule has 0 aromatic carbocycles. The maximum absolute atomic E-state index is 12.5. The number of carbonyl (C=O) groups excluding carboxylic acids is 2. The van der Waals surface area contributed by atoms with E-state index in [4.69, 9.17) is 22.1 Å². The fourth-order valence-electron chi connectivity index (χ4n) is 2.83. The topological polar surface area (TPSA) is 85.5 Å². The van der Waals surface area contributed by atoms with Crippen molar-refractivity contribution in [2.24, 2.45) is 11.7 Å². The summed E-state index contributed by atoms with van der Waals surface area (Å²) < 4.78 is 4.98. The highest BCUT2D eigenvalue weighted by Gasteiger charge is 2.27. The second kappa shape index (κ2) is 9.34. The lowest BCUT2D eigenvalue weighted by Gasteiger charge is -2.33. The van der Waals surface area contributed by atoms with Crippen molar-refractivity contribution in [3.63, 3.8) is 0 Å². The maximum atomic E-state index is 12.5. The van der Waals surface area contributed by atoms with Gasteiger partial charge >= 0.3 is 5.97 Å². The number of alkyl halides is 1. The van der Waals surface area contributed by atoms with Crippen molar-refractivity contribution in [3.8, 4) is 0 Å². The van der Waals surface area contributed by atoms with Crippen LogP contribution in [0.1, 0.15) is 36.9 Å². The minimum atomic E-state index is -0.558. The summed E-state index contributed by atoms with van der Waals surface area (Å²) in [5.74, 6) is 0.611. The van der Waals surface area contributed by atoms with Crippen molar-refractivity contribution in [1.82, 2.24) is 9.88 Å². The number of carbonyl (C=O) groups is 2. The predicted octanol–water partition coefficient (Wildman–Crippen LogP) is 1.94. The van der Waals surface area contributed by atoms with Gasteiger partial charge in [-0.3, -0.25) is 9.59 Å². The molecule has 24 heavy (non-hydrogen) atoms. The zero-order chi connectivity index (χ0) is 17.5. The zero-order valence-corrected chi connectivity index (χ0v) is 15.4. The maximum Gasteiger partial charge on any atom is 0.302 e. The first-order chi connectivity index (χ1) is 11.5. The van der Waals surface area contributed by atoms with Crippen LogP contribution in [0.2, 0.25) is 0 Å². The van der Waals surface area contributed by atoms with Gasteiger partial charge in [0, 0.05) is 31.8 Å². The Morgan fingerprint density at radius 1 is 1.50 bits per heavy atom. The fraction of sp³-hybridized carbons (Fsp3) is 0.688. The van der Waals surface area contributed by atoms with E-state index in [-0.39, 0.29) is 11.9 Å². The van der Waals surface area contributed by atoms with E-state index >= 15 is 0 Å². The number of likely N-dealkylation sites (tertiary alicyclic amines) is 1. The number of hydrogen-bond donors (Lipinski definition) is 1. The van der Waals surface area contributed by atoms with Crippen LogP contribution in [0, 0.1) is 5.92 Å². The number of hydrogen-bond acceptors (Lipinski definition) is 6. The molecule has 2 heterocycles. The second-order valence-electron chi connectivity index (χ2n) is 6.07. The number of thiazole rings is 1. The molecule has 1 unspecified atom stereocenters. The van der Waals surface area contributed by atoms with Crippen LogP contribution in [0.25, 0.3) is 0 Å². The van der Waals surface area contributed by atoms with E-state index in [0.717, 1.165) is 30.0 Å². The Morgan fingerprint density at radius 2 is 2.21 bits per heavy atom. The van der Waals surface area contributed by atoms with E-state index in [1.807, 2.05) is 10.3 Å². The van der Waals surface area contributed by atoms with Crippen LogP contribution in [0.3, 0.4) is 0 Å². The van der Waals surface area contributed by atoms with Crippen LogP contribution in [-0.2, 0) is 26.6 Å². The summed E-state index contributed by atoms with van der Waals surface area (Å²) in [7, 11) is 0.